The van der Waals surface area contributed by atoms with Gasteiger partial charge in [-0.2, -0.15) is 0 Å². The first kappa shape index (κ1) is 10.9. The fourth-order valence-corrected chi connectivity index (χ4v) is 2.06. The van der Waals surface area contributed by atoms with E-state index < -0.39 is 0 Å². The largest absolute Gasteiger partial charge is 0.374 e. The molecule has 0 spiro atoms. The van der Waals surface area contributed by atoms with Crippen LogP contribution in [0.25, 0.3) is 0 Å². The van der Waals surface area contributed by atoms with Crippen LogP contribution >= 0.6 is 0 Å². The maximum absolute atomic E-state index is 5.68. The van der Waals surface area contributed by atoms with Gasteiger partial charge in [0.1, 0.15) is 0 Å². The molecule has 4 heteroatoms. The molecule has 0 bridgehead atoms. The molecule has 1 atom stereocenters. The van der Waals surface area contributed by atoms with Gasteiger partial charge in [0.05, 0.1) is 18.5 Å². The quantitative estimate of drug-likeness (QED) is 0.722. The van der Waals surface area contributed by atoms with Crippen molar-refractivity contribution in [1.29, 1.82) is 0 Å². The minimum atomic E-state index is 0.327. The molecule has 15 heavy (non-hydrogen) atoms. The normalized spacial score (nSPS) is 28.6. The van der Waals surface area contributed by atoms with Crippen LogP contribution in [0, 0.1) is 0 Å². The summed E-state index contributed by atoms with van der Waals surface area (Å²) in [6, 6.07) is 0. The predicted octanol–water partition coefficient (Wildman–Crippen LogP) is 0.489. The number of nitrogens with zero attached hydrogens (tertiary/aromatic N) is 2. The number of aliphatic imine (C=N–C) groups is 1. The summed E-state index contributed by atoms with van der Waals surface area (Å²) >= 11 is 0. The lowest BCUT2D eigenvalue weighted by Gasteiger charge is -2.30. The minimum absolute atomic E-state index is 0.327. The van der Waals surface area contributed by atoms with Gasteiger partial charge in [-0.15, -0.1) is 0 Å². The van der Waals surface area contributed by atoms with Crippen LogP contribution in [-0.2, 0) is 4.74 Å². The van der Waals surface area contributed by atoms with Gasteiger partial charge in [0.25, 0.3) is 0 Å². The number of morpholine rings is 1. The van der Waals surface area contributed by atoms with E-state index in [1.807, 2.05) is 0 Å². The molecule has 4 nitrogen and oxygen atoms in total. The van der Waals surface area contributed by atoms with E-state index in [1.165, 1.54) is 18.7 Å². The molecule has 2 heterocycles. The topological polar surface area (TPSA) is 36.9 Å². The molecular weight excluding hydrogens is 190 g/mol. The van der Waals surface area contributed by atoms with Crippen molar-refractivity contribution in [3.8, 4) is 0 Å². The first-order valence-corrected chi connectivity index (χ1v) is 5.92. The average Bonchev–Trinajstić information content (AvgIpc) is 2.28. The van der Waals surface area contributed by atoms with Crippen LogP contribution < -0.4 is 5.32 Å². The van der Waals surface area contributed by atoms with Gasteiger partial charge in [0.15, 0.2) is 0 Å². The highest BCUT2D eigenvalue weighted by Gasteiger charge is 2.17. The van der Waals surface area contributed by atoms with Crippen LogP contribution in [0.5, 0.6) is 0 Å². The van der Waals surface area contributed by atoms with Gasteiger partial charge >= 0.3 is 0 Å². The number of likely N-dealkylation sites (N-methyl/N-ethyl adjacent to an activating group) is 1. The van der Waals surface area contributed by atoms with Crippen molar-refractivity contribution in [3.05, 3.63) is 0 Å². The summed E-state index contributed by atoms with van der Waals surface area (Å²) in [7, 11) is 2.15. The van der Waals surface area contributed by atoms with Crippen molar-refractivity contribution < 1.29 is 4.74 Å². The van der Waals surface area contributed by atoms with Gasteiger partial charge in [-0.25, -0.2) is 0 Å². The first-order valence-electron chi connectivity index (χ1n) is 5.92. The minimum Gasteiger partial charge on any atom is -0.374 e. The Morgan fingerprint density at radius 1 is 1.53 bits per heavy atom. The lowest BCUT2D eigenvalue weighted by atomic mass is 10.2. The van der Waals surface area contributed by atoms with Crippen LogP contribution in [0.4, 0.5) is 0 Å². The van der Waals surface area contributed by atoms with Crippen LogP contribution in [0.2, 0.25) is 0 Å². The first-order chi connectivity index (χ1) is 7.34. The van der Waals surface area contributed by atoms with Crippen molar-refractivity contribution in [3.63, 3.8) is 0 Å². The zero-order chi connectivity index (χ0) is 10.5. The number of amidine groups is 1. The number of nitrogens with one attached hydrogen (secondary N) is 1. The maximum atomic E-state index is 5.68. The highest BCUT2D eigenvalue weighted by Crippen LogP contribution is 2.05. The summed E-state index contributed by atoms with van der Waals surface area (Å²) in [5, 5.41) is 3.41. The lowest BCUT2D eigenvalue weighted by molar-refractivity contribution is -0.0160. The van der Waals surface area contributed by atoms with E-state index in [4.69, 9.17) is 4.74 Å². The Labute approximate surface area is 91.7 Å². The second kappa shape index (κ2) is 5.47. The summed E-state index contributed by atoms with van der Waals surface area (Å²) < 4.78 is 5.68. The van der Waals surface area contributed by atoms with Crippen molar-refractivity contribution in [2.75, 3.05) is 39.8 Å². The molecule has 0 saturated carbocycles. The summed E-state index contributed by atoms with van der Waals surface area (Å²) in [6.07, 6.45) is 3.96. The number of ether oxygens (including phenoxy) is 1. The molecule has 1 saturated heterocycles. The van der Waals surface area contributed by atoms with E-state index in [-0.39, 0.29) is 0 Å². The summed E-state index contributed by atoms with van der Waals surface area (Å²) in [6.45, 7) is 4.84. The molecule has 0 aromatic carbocycles. The highest BCUT2D eigenvalue weighted by atomic mass is 16.5. The number of rotatable bonds is 2. The van der Waals surface area contributed by atoms with Gasteiger partial charge in [0.2, 0.25) is 0 Å². The number of hydrogen-bond donors (Lipinski definition) is 1. The van der Waals surface area contributed by atoms with Crippen LogP contribution in [-0.4, -0.2) is 56.7 Å². The maximum Gasteiger partial charge on any atom is 0.0963 e. The molecular formula is C11H21N3O. The zero-order valence-electron chi connectivity index (χ0n) is 9.54. The smallest absolute Gasteiger partial charge is 0.0963 e. The molecule has 0 aromatic rings. The Kier molecular flexibility index (Phi) is 3.97. The van der Waals surface area contributed by atoms with E-state index >= 15 is 0 Å². The molecule has 0 radical (unpaired) electrons. The average molecular weight is 211 g/mol. The second-order valence-corrected chi connectivity index (χ2v) is 4.42. The third-order valence-corrected chi connectivity index (χ3v) is 3.00. The van der Waals surface area contributed by atoms with Crippen molar-refractivity contribution in [2.24, 2.45) is 4.99 Å². The molecule has 2 rings (SSSR count). The molecule has 0 aliphatic carbocycles. The van der Waals surface area contributed by atoms with Gasteiger partial charge in [-0.05, 0) is 19.9 Å². The van der Waals surface area contributed by atoms with Gasteiger partial charge < -0.3 is 15.0 Å². The van der Waals surface area contributed by atoms with E-state index in [0.29, 0.717) is 6.10 Å². The second-order valence-electron chi connectivity index (χ2n) is 4.42. The van der Waals surface area contributed by atoms with E-state index in [1.54, 1.807) is 0 Å². The van der Waals surface area contributed by atoms with E-state index in [2.05, 4.69) is 22.3 Å². The van der Waals surface area contributed by atoms with E-state index in [9.17, 15) is 0 Å². The molecule has 2 aliphatic rings. The zero-order valence-corrected chi connectivity index (χ0v) is 9.54. The Morgan fingerprint density at radius 3 is 3.20 bits per heavy atom. The number of hydrogen-bond acceptors (Lipinski definition) is 4. The fourth-order valence-electron chi connectivity index (χ4n) is 2.06. The van der Waals surface area contributed by atoms with Gasteiger partial charge in [0, 0.05) is 32.6 Å². The summed E-state index contributed by atoms with van der Waals surface area (Å²) in [5.41, 5.74) is 0. The Morgan fingerprint density at radius 2 is 2.47 bits per heavy atom. The standard InChI is InChI=1S/C11H21N3O/c1-14-6-7-15-10(9-14)8-13-11-4-2-3-5-12-11/h10H,2-9H2,1H3,(H,12,13). The van der Waals surface area contributed by atoms with E-state index in [0.717, 1.165) is 39.2 Å². The Hall–Kier alpha value is -0.610. The monoisotopic (exact) mass is 211 g/mol. The van der Waals surface area contributed by atoms with Crippen molar-refractivity contribution in [2.45, 2.75) is 25.4 Å². The van der Waals surface area contributed by atoms with Crippen LogP contribution in [0.15, 0.2) is 4.99 Å². The van der Waals surface area contributed by atoms with Gasteiger partial charge in [-0.1, -0.05) is 0 Å². The SMILES string of the molecule is CN1CCOC(CNC2=NCCCC2)C1. The van der Waals surface area contributed by atoms with Crippen molar-refractivity contribution >= 4 is 5.84 Å². The lowest BCUT2D eigenvalue weighted by Crippen LogP contribution is -2.46. The molecule has 0 amide bonds. The molecule has 1 N–H and O–H groups in total. The summed E-state index contributed by atoms with van der Waals surface area (Å²) in [5.74, 6) is 1.18. The van der Waals surface area contributed by atoms with Gasteiger partial charge in [-0.3, -0.25) is 4.99 Å². The summed E-state index contributed by atoms with van der Waals surface area (Å²) in [4.78, 5) is 6.79. The fraction of sp³-hybridized carbons (Fsp3) is 0.909. The van der Waals surface area contributed by atoms with Crippen LogP contribution in [0.3, 0.4) is 0 Å². The molecule has 0 aromatic heterocycles. The molecule has 86 valence electrons. The predicted molar refractivity (Wildman–Crippen MR) is 61.4 cm³/mol. The third-order valence-electron chi connectivity index (χ3n) is 3.00. The van der Waals surface area contributed by atoms with Crippen molar-refractivity contribution in [1.82, 2.24) is 10.2 Å². The Bertz CT molecular complexity index is 230. The van der Waals surface area contributed by atoms with Crippen LogP contribution in [0.1, 0.15) is 19.3 Å². The molecule has 1 unspecified atom stereocenters. The highest BCUT2D eigenvalue weighted by molar-refractivity contribution is 5.82. The third kappa shape index (κ3) is 3.47. The molecule has 1 fully saturated rings. The molecule has 2 aliphatic heterocycles. The Balaban J connectivity index is 1.70.